The summed E-state index contributed by atoms with van der Waals surface area (Å²) in [6.45, 7) is 1.63. The number of aromatic nitrogens is 2. The quantitative estimate of drug-likeness (QED) is 0.364. The van der Waals surface area contributed by atoms with E-state index in [1.54, 1.807) is 54.6 Å². The van der Waals surface area contributed by atoms with E-state index in [4.69, 9.17) is 21.1 Å². The number of benzene rings is 3. The molecule has 1 aliphatic heterocycles. The summed E-state index contributed by atoms with van der Waals surface area (Å²) in [5.74, 6) is 0.276. The van der Waals surface area contributed by atoms with Gasteiger partial charge in [0.2, 0.25) is 5.13 Å². The molecule has 0 bridgehead atoms. The van der Waals surface area contributed by atoms with Crippen LogP contribution in [0.15, 0.2) is 71.6 Å². The zero-order valence-corrected chi connectivity index (χ0v) is 22.1. The van der Waals surface area contributed by atoms with Crippen molar-refractivity contribution in [3.05, 3.63) is 77.3 Å². The standard InChI is InChI=1S/C25H21ClN4O5S2/c1-15-3-12-21-20(13-15)30(37(32,33)19-10-8-18(34-2)9-11-19)14-22(35-21)23(31)27-25-29-28-24(36-25)16-4-6-17(26)7-5-16/h3-13,22H,14H2,1-2H3,(H,27,29,31)/t22-/m1/s1. The first-order valence-electron chi connectivity index (χ1n) is 11.1. The molecule has 37 heavy (non-hydrogen) atoms. The first kappa shape index (κ1) is 25.0. The average Bonchev–Trinajstić information content (AvgIpc) is 3.36. The predicted molar refractivity (Wildman–Crippen MR) is 142 cm³/mol. The van der Waals surface area contributed by atoms with Crippen LogP contribution in [0.5, 0.6) is 11.5 Å². The number of fused-ring (bicyclic) bond motifs is 1. The number of aryl methyl sites for hydroxylation is 1. The fraction of sp³-hybridized carbons (Fsp3) is 0.160. The maximum absolute atomic E-state index is 13.6. The number of carbonyl (C=O) groups excluding carboxylic acids is 1. The Bertz CT molecular complexity index is 1560. The van der Waals surface area contributed by atoms with Crippen LogP contribution in [-0.2, 0) is 14.8 Å². The van der Waals surface area contributed by atoms with E-state index in [2.05, 4.69) is 15.5 Å². The van der Waals surface area contributed by atoms with E-state index >= 15 is 0 Å². The zero-order valence-electron chi connectivity index (χ0n) is 19.7. The highest BCUT2D eigenvalue weighted by molar-refractivity contribution is 7.92. The van der Waals surface area contributed by atoms with Crippen LogP contribution in [0.2, 0.25) is 5.02 Å². The molecule has 12 heteroatoms. The molecular formula is C25H21ClN4O5S2. The van der Waals surface area contributed by atoms with Crippen molar-refractivity contribution in [3.63, 3.8) is 0 Å². The number of rotatable bonds is 6. The molecule has 0 radical (unpaired) electrons. The van der Waals surface area contributed by atoms with Crippen LogP contribution in [0.4, 0.5) is 10.8 Å². The summed E-state index contributed by atoms with van der Waals surface area (Å²) in [5.41, 5.74) is 2.02. The van der Waals surface area contributed by atoms with Crippen molar-refractivity contribution in [2.45, 2.75) is 17.9 Å². The van der Waals surface area contributed by atoms with Crippen LogP contribution in [-0.4, -0.2) is 44.3 Å². The summed E-state index contributed by atoms with van der Waals surface area (Å²) in [6.07, 6.45) is -1.12. The van der Waals surface area contributed by atoms with Crippen LogP contribution >= 0.6 is 22.9 Å². The second kappa shape index (κ2) is 10.0. The van der Waals surface area contributed by atoms with Crippen molar-refractivity contribution in [1.82, 2.24) is 10.2 Å². The molecule has 2 heterocycles. The number of nitrogens with zero attached hydrogens (tertiary/aromatic N) is 3. The highest BCUT2D eigenvalue weighted by Crippen LogP contribution is 2.38. The van der Waals surface area contributed by atoms with E-state index in [0.29, 0.717) is 21.5 Å². The van der Waals surface area contributed by atoms with E-state index in [-0.39, 0.29) is 22.3 Å². The van der Waals surface area contributed by atoms with Gasteiger partial charge in [0.15, 0.2) is 6.10 Å². The molecule has 1 N–H and O–H groups in total. The van der Waals surface area contributed by atoms with Gasteiger partial charge < -0.3 is 9.47 Å². The Morgan fingerprint density at radius 1 is 1.11 bits per heavy atom. The number of hydrogen-bond acceptors (Lipinski definition) is 8. The molecule has 1 aromatic heterocycles. The summed E-state index contributed by atoms with van der Waals surface area (Å²) in [5, 5.41) is 12.3. The highest BCUT2D eigenvalue weighted by Gasteiger charge is 2.38. The van der Waals surface area contributed by atoms with Crippen molar-refractivity contribution in [2.24, 2.45) is 0 Å². The summed E-state index contributed by atoms with van der Waals surface area (Å²) >= 11 is 7.13. The number of methoxy groups -OCH3 is 1. The third-order valence-electron chi connectivity index (χ3n) is 5.67. The maximum atomic E-state index is 13.6. The van der Waals surface area contributed by atoms with Gasteiger partial charge in [0, 0.05) is 10.6 Å². The van der Waals surface area contributed by atoms with Gasteiger partial charge >= 0.3 is 0 Å². The van der Waals surface area contributed by atoms with E-state index in [1.165, 1.54) is 34.9 Å². The molecule has 1 atom stereocenters. The normalized spacial score (nSPS) is 15.0. The summed E-state index contributed by atoms with van der Waals surface area (Å²) in [7, 11) is -2.51. The summed E-state index contributed by atoms with van der Waals surface area (Å²) in [6, 6.07) is 18.3. The third kappa shape index (κ3) is 5.10. The second-order valence-corrected chi connectivity index (χ2v) is 11.5. The number of halogens is 1. The zero-order chi connectivity index (χ0) is 26.2. The molecule has 0 aliphatic carbocycles. The molecule has 190 valence electrons. The van der Waals surface area contributed by atoms with Crippen molar-refractivity contribution in [1.29, 1.82) is 0 Å². The topological polar surface area (TPSA) is 111 Å². The molecule has 0 spiro atoms. The fourth-order valence-corrected chi connectivity index (χ4v) is 6.11. The molecule has 0 fully saturated rings. The molecule has 4 aromatic rings. The van der Waals surface area contributed by atoms with Gasteiger partial charge in [0.25, 0.3) is 15.9 Å². The van der Waals surface area contributed by atoms with Gasteiger partial charge in [0.1, 0.15) is 16.5 Å². The van der Waals surface area contributed by atoms with Gasteiger partial charge in [-0.3, -0.25) is 14.4 Å². The Labute approximate surface area is 222 Å². The maximum Gasteiger partial charge on any atom is 0.269 e. The van der Waals surface area contributed by atoms with Gasteiger partial charge in [-0.1, -0.05) is 41.1 Å². The molecule has 1 aliphatic rings. The Hall–Kier alpha value is -3.67. The first-order chi connectivity index (χ1) is 17.7. The minimum atomic E-state index is -4.01. The molecule has 0 saturated carbocycles. The molecule has 3 aromatic carbocycles. The van der Waals surface area contributed by atoms with Crippen LogP contribution in [0.25, 0.3) is 10.6 Å². The smallest absolute Gasteiger partial charge is 0.269 e. The number of nitrogens with one attached hydrogen (secondary N) is 1. The number of carbonyl (C=O) groups is 1. The van der Waals surface area contributed by atoms with Crippen LogP contribution in [0, 0.1) is 6.92 Å². The van der Waals surface area contributed by atoms with Crippen molar-refractivity contribution in [3.8, 4) is 22.1 Å². The summed E-state index contributed by atoms with van der Waals surface area (Å²) < 4.78 is 39.5. The van der Waals surface area contributed by atoms with Gasteiger partial charge in [-0.15, -0.1) is 10.2 Å². The van der Waals surface area contributed by atoms with Crippen molar-refractivity contribution in [2.75, 3.05) is 23.3 Å². The Kier molecular flexibility index (Phi) is 6.76. The predicted octanol–water partition coefficient (Wildman–Crippen LogP) is 4.77. The van der Waals surface area contributed by atoms with Gasteiger partial charge in [-0.2, -0.15) is 0 Å². The number of amides is 1. The number of ether oxygens (including phenoxy) is 2. The lowest BCUT2D eigenvalue weighted by atomic mass is 10.1. The first-order valence-corrected chi connectivity index (χ1v) is 13.7. The molecule has 0 saturated heterocycles. The van der Waals surface area contributed by atoms with Crippen LogP contribution in [0.3, 0.4) is 0 Å². The van der Waals surface area contributed by atoms with E-state index < -0.39 is 22.0 Å². The summed E-state index contributed by atoms with van der Waals surface area (Å²) in [4.78, 5) is 13.2. The Balaban J connectivity index is 1.41. The third-order valence-corrected chi connectivity index (χ3v) is 8.60. The number of sulfonamides is 1. The monoisotopic (exact) mass is 556 g/mol. The average molecular weight is 557 g/mol. The molecule has 1 amide bonds. The SMILES string of the molecule is COc1ccc(S(=O)(=O)N2C[C@H](C(=O)Nc3nnc(-c4ccc(Cl)cc4)s3)Oc3ccc(C)cc32)cc1. The van der Waals surface area contributed by atoms with E-state index in [9.17, 15) is 13.2 Å². The lowest BCUT2D eigenvalue weighted by Gasteiger charge is -2.34. The van der Waals surface area contributed by atoms with Gasteiger partial charge in [-0.25, -0.2) is 8.42 Å². The number of anilines is 2. The number of hydrogen-bond donors (Lipinski definition) is 1. The lowest BCUT2D eigenvalue weighted by molar-refractivity contribution is -0.122. The van der Waals surface area contributed by atoms with Crippen molar-refractivity contribution < 1.29 is 22.7 Å². The second-order valence-electron chi connectivity index (χ2n) is 8.20. The van der Waals surface area contributed by atoms with Gasteiger partial charge in [0.05, 0.1) is 24.2 Å². The Morgan fingerprint density at radius 2 is 1.84 bits per heavy atom. The largest absolute Gasteiger partial charge is 0.497 e. The van der Waals surface area contributed by atoms with E-state index in [1.807, 2.05) is 6.92 Å². The van der Waals surface area contributed by atoms with Crippen molar-refractivity contribution >= 4 is 49.7 Å². The minimum absolute atomic E-state index is 0.0681. The lowest BCUT2D eigenvalue weighted by Crippen LogP contribution is -2.48. The van der Waals surface area contributed by atoms with E-state index in [0.717, 1.165) is 11.1 Å². The van der Waals surface area contributed by atoms with Crippen LogP contribution in [0.1, 0.15) is 5.56 Å². The minimum Gasteiger partial charge on any atom is -0.497 e. The van der Waals surface area contributed by atoms with Gasteiger partial charge in [-0.05, 0) is 61.0 Å². The molecule has 5 rings (SSSR count). The fourth-order valence-electron chi connectivity index (χ4n) is 3.77. The molecule has 0 unspecified atom stereocenters. The molecule has 9 nitrogen and oxygen atoms in total. The van der Waals surface area contributed by atoms with Crippen LogP contribution < -0.4 is 19.1 Å². The molecular weight excluding hydrogens is 536 g/mol. The highest BCUT2D eigenvalue weighted by atomic mass is 35.5. The Morgan fingerprint density at radius 3 is 2.54 bits per heavy atom.